The molecule has 0 saturated heterocycles. The van der Waals surface area contributed by atoms with Crippen LogP contribution < -0.4 is 0 Å². The molecule has 0 unspecified atom stereocenters. The SMILES string of the molecule is CCCCCC(=O)O.CCCCCC(=O)O.[Mg]. The van der Waals surface area contributed by atoms with Crippen LogP contribution >= 0.6 is 0 Å². The molecule has 0 aliphatic rings. The number of carbonyl (C=O) groups is 2. The van der Waals surface area contributed by atoms with Gasteiger partial charge in [-0.2, -0.15) is 0 Å². The van der Waals surface area contributed by atoms with E-state index < -0.39 is 11.9 Å². The van der Waals surface area contributed by atoms with Gasteiger partial charge >= 0.3 is 11.9 Å². The van der Waals surface area contributed by atoms with Crippen LogP contribution in [0.3, 0.4) is 0 Å². The third-order valence-electron chi connectivity index (χ3n) is 1.99. The summed E-state index contributed by atoms with van der Waals surface area (Å²) in [6.07, 6.45) is 6.55. The van der Waals surface area contributed by atoms with Crippen molar-refractivity contribution < 1.29 is 19.8 Å². The van der Waals surface area contributed by atoms with Gasteiger partial charge in [0.15, 0.2) is 0 Å². The lowest BCUT2D eigenvalue weighted by atomic mass is 10.2. The van der Waals surface area contributed by atoms with E-state index in [1.54, 1.807) is 0 Å². The second kappa shape index (κ2) is 18.1. The van der Waals surface area contributed by atoms with Gasteiger partial charge in [0, 0.05) is 35.9 Å². The second-order valence-electron chi connectivity index (χ2n) is 3.70. The number of carboxylic acid groups (broad SMARTS) is 2. The summed E-state index contributed by atoms with van der Waals surface area (Å²) in [5.74, 6) is -1.36. The average molecular weight is 257 g/mol. The summed E-state index contributed by atoms with van der Waals surface area (Å²) in [4.78, 5) is 19.7. The zero-order chi connectivity index (χ0) is 12.8. The molecule has 0 heterocycles. The molecule has 0 aromatic heterocycles. The van der Waals surface area contributed by atoms with Gasteiger partial charge in [0.1, 0.15) is 0 Å². The largest absolute Gasteiger partial charge is 0.481 e. The first-order chi connectivity index (χ1) is 7.54. The molecule has 17 heavy (non-hydrogen) atoms. The Bertz CT molecular complexity index is 163. The molecule has 2 radical (unpaired) electrons. The number of hydrogen-bond acceptors (Lipinski definition) is 2. The van der Waals surface area contributed by atoms with Gasteiger partial charge in [-0.3, -0.25) is 9.59 Å². The topological polar surface area (TPSA) is 74.6 Å². The van der Waals surface area contributed by atoms with Crippen LogP contribution in [0.15, 0.2) is 0 Å². The van der Waals surface area contributed by atoms with Crippen molar-refractivity contribution in [2.75, 3.05) is 0 Å². The van der Waals surface area contributed by atoms with Crippen LogP contribution in [0.2, 0.25) is 0 Å². The summed E-state index contributed by atoms with van der Waals surface area (Å²) < 4.78 is 0. The summed E-state index contributed by atoms with van der Waals surface area (Å²) >= 11 is 0. The summed E-state index contributed by atoms with van der Waals surface area (Å²) in [5.41, 5.74) is 0. The van der Waals surface area contributed by atoms with Gasteiger partial charge in [-0.15, -0.1) is 0 Å². The van der Waals surface area contributed by atoms with E-state index in [9.17, 15) is 9.59 Å². The normalized spacial score (nSPS) is 8.59. The molecule has 5 heteroatoms. The van der Waals surface area contributed by atoms with E-state index in [0.717, 1.165) is 38.5 Å². The molecule has 0 aromatic rings. The lowest BCUT2D eigenvalue weighted by molar-refractivity contribution is -0.138. The monoisotopic (exact) mass is 256 g/mol. The van der Waals surface area contributed by atoms with E-state index in [1.807, 2.05) is 0 Å². The summed E-state index contributed by atoms with van der Waals surface area (Å²) in [6, 6.07) is 0. The highest BCUT2D eigenvalue weighted by Gasteiger charge is 1.93. The van der Waals surface area contributed by atoms with E-state index in [1.165, 1.54) is 0 Å². The van der Waals surface area contributed by atoms with Gasteiger partial charge in [0.2, 0.25) is 0 Å². The summed E-state index contributed by atoms with van der Waals surface area (Å²) in [6.45, 7) is 4.11. The molecule has 4 nitrogen and oxygen atoms in total. The maximum atomic E-state index is 9.87. The Hall–Kier alpha value is -0.294. The molecule has 0 atom stereocenters. The standard InChI is InChI=1S/2C6H12O2.Mg/c2*1-2-3-4-5-6(7)8;/h2*2-5H2,1H3,(H,7,8);. The van der Waals surface area contributed by atoms with Crippen molar-refractivity contribution in [2.45, 2.75) is 65.2 Å². The zero-order valence-electron chi connectivity index (χ0n) is 11.1. The van der Waals surface area contributed by atoms with E-state index >= 15 is 0 Å². The third-order valence-corrected chi connectivity index (χ3v) is 1.99. The first-order valence-electron chi connectivity index (χ1n) is 5.98. The molecule has 98 valence electrons. The van der Waals surface area contributed by atoms with E-state index in [0.29, 0.717) is 12.8 Å². The van der Waals surface area contributed by atoms with Gasteiger partial charge in [-0.05, 0) is 12.8 Å². The van der Waals surface area contributed by atoms with Crippen LogP contribution in [-0.4, -0.2) is 45.2 Å². The Kier molecular flexibility index (Phi) is 23.3. The molecular weight excluding hydrogens is 232 g/mol. The molecule has 0 saturated carbocycles. The van der Waals surface area contributed by atoms with Gasteiger partial charge in [-0.25, -0.2) is 0 Å². The van der Waals surface area contributed by atoms with Crippen LogP contribution in [-0.2, 0) is 9.59 Å². The van der Waals surface area contributed by atoms with Crippen molar-refractivity contribution in [3.05, 3.63) is 0 Å². The van der Waals surface area contributed by atoms with Crippen LogP contribution in [0, 0.1) is 0 Å². The Balaban J connectivity index is -0.000000218. The molecule has 0 rings (SSSR count). The predicted octanol–water partition coefficient (Wildman–Crippen LogP) is 2.92. The molecule has 0 bridgehead atoms. The zero-order valence-corrected chi connectivity index (χ0v) is 12.5. The number of aliphatic carboxylic acids is 2. The van der Waals surface area contributed by atoms with Crippen molar-refractivity contribution in [1.82, 2.24) is 0 Å². The fourth-order valence-corrected chi connectivity index (χ4v) is 1.05. The molecule has 0 spiro atoms. The van der Waals surface area contributed by atoms with Crippen molar-refractivity contribution in [3.63, 3.8) is 0 Å². The highest BCUT2D eigenvalue weighted by atomic mass is 24.3. The first-order valence-corrected chi connectivity index (χ1v) is 5.98. The fourth-order valence-electron chi connectivity index (χ4n) is 1.05. The highest BCUT2D eigenvalue weighted by Crippen LogP contribution is 1.97. The lowest BCUT2D eigenvalue weighted by Crippen LogP contribution is -1.92. The highest BCUT2D eigenvalue weighted by molar-refractivity contribution is 5.75. The lowest BCUT2D eigenvalue weighted by Gasteiger charge is -1.89. The van der Waals surface area contributed by atoms with E-state index in [-0.39, 0.29) is 23.1 Å². The molecule has 0 aromatic carbocycles. The third kappa shape index (κ3) is 31.3. The molecule has 2 N–H and O–H groups in total. The summed E-state index contributed by atoms with van der Waals surface area (Å²) in [5, 5.41) is 16.3. The quantitative estimate of drug-likeness (QED) is 0.517. The minimum Gasteiger partial charge on any atom is -0.481 e. The molecule has 0 aliphatic heterocycles. The van der Waals surface area contributed by atoms with Crippen molar-refractivity contribution >= 4 is 35.0 Å². The van der Waals surface area contributed by atoms with Crippen LogP contribution in [0.4, 0.5) is 0 Å². The van der Waals surface area contributed by atoms with E-state index in [2.05, 4.69) is 13.8 Å². The van der Waals surface area contributed by atoms with Crippen molar-refractivity contribution in [1.29, 1.82) is 0 Å². The summed E-state index contributed by atoms with van der Waals surface area (Å²) in [7, 11) is 0. The Labute approximate surface area is 120 Å². The van der Waals surface area contributed by atoms with E-state index in [4.69, 9.17) is 10.2 Å². The number of carboxylic acids is 2. The van der Waals surface area contributed by atoms with Crippen LogP contribution in [0.1, 0.15) is 65.2 Å². The van der Waals surface area contributed by atoms with Crippen molar-refractivity contribution in [2.24, 2.45) is 0 Å². The first kappa shape index (κ1) is 21.9. The number of hydrogen-bond donors (Lipinski definition) is 2. The minimum absolute atomic E-state index is 0. The van der Waals surface area contributed by atoms with Gasteiger partial charge < -0.3 is 10.2 Å². The van der Waals surface area contributed by atoms with Crippen molar-refractivity contribution in [3.8, 4) is 0 Å². The second-order valence-corrected chi connectivity index (χ2v) is 3.70. The molecule has 0 fully saturated rings. The number of unbranched alkanes of at least 4 members (excludes halogenated alkanes) is 4. The van der Waals surface area contributed by atoms with Crippen LogP contribution in [0.25, 0.3) is 0 Å². The van der Waals surface area contributed by atoms with Gasteiger partial charge in [-0.1, -0.05) is 39.5 Å². The minimum atomic E-state index is -0.682. The van der Waals surface area contributed by atoms with Gasteiger partial charge in [0.05, 0.1) is 0 Å². The average Bonchev–Trinajstić information content (AvgIpc) is 2.18. The Morgan fingerprint density at radius 1 is 0.765 bits per heavy atom. The number of rotatable bonds is 8. The Morgan fingerprint density at radius 3 is 1.24 bits per heavy atom. The smallest absolute Gasteiger partial charge is 0.303 e. The Morgan fingerprint density at radius 2 is 1.06 bits per heavy atom. The van der Waals surface area contributed by atoms with Gasteiger partial charge in [0.25, 0.3) is 0 Å². The maximum Gasteiger partial charge on any atom is 0.303 e. The molecular formula is C12H24MgO4. The molecule has 0 aliphatic carbocycles. The fraction of sp³-hybridized carbons (Fsp3) is 0.833. The maximum absolute atomic E-state index is 9.87. The predicted molar refractivity (Wildman–Crippen MR) is 69.3 cm³/mol. The molecule has 0 amide bonds. The van der Waals surface area contributed by atoms with Crippen LogP contribution in [0.5, 0.6) is 0 Å².